The number of aliphatic hydroxyl groups excluding tert-OH is 1. The third-order valence-electron chi connectivity index (χ3n) is 6.34. The van der Waals surface area contributed by atoms with Crippen molar-refractivity contribution in [2.75, 3.05) is 18.6 Å². The van der Waals surface area contributed by atoms with Crippen LogP contribution in [0.25, 0.3) is 5.52 Å². The van der Waals surface area contributed by atoms with Crippen LogP contribution in [0, 0.1) is 5.82 Å². The minimum atomic E-state index is -0.869. The zero-order valence-electron chi connectivity index (χ0n) is 18.8. The smallest absolute Gasteiger partial charge is 0.226 e. The van der Waals surface area contributed by atoms with E-state index in [0.717, 1.165) is 17.8 Å². The van der Waals surface area contributed by atoms with E-state index < -0.39 is 6.10 Å². The molecule has 1 unspecified atom stereocenters. The van der Waals surface area contributed by atoms with Crippen LogP contribution in [0.15, 0.2) is 67.4 Å². The van der Waals surface area contributed by atoms with Gasteiger partial charge < -0.3 is 19.7 Å². The number of halogens is 1. The lowest BCUT2D eigenvalue weighted by Gasteiger charge is -2.34. The van der Waals surface area contributed by atoms with Gasteiger partial charge in [0.15, 0.2) is 0 Å². The number of aromatic amines is 1. The molecule has 0 saturated heterocycles. The summed E-state index contributed by atoms with van der Waals surface area (Å²) in [5.74, 6) is 0.851. The van der Waals surface area contributed by atoms with Crippen molar-refractivity contribution in [2.24, 2.45) is 0 Å². The van der Waals surface area contributed by atoms with Gasteiger partial charge >= 0.3 is 0 Å². The summed E-state index contributed by atoms with van der Waals surface area (Å²) in [6, 6.07) is 11.6. The van der Waals surface area contributed by atoms with Crippen LogP contribution in [-0.4, -0.2) is 48.3 Å². The highest BCUT2D eigenvalue weighted by molar-refractivity contribution is 5.53. The highest BCUT2D eigenvalue weighted by Crippen LogP contribution is 2.35. The first-order chi connectivity index (χ1) is 17.1. The van der Waals surface area contributed by atoms with Crippen molar-refractivity contribution in [3.05, 3.63) is 101 Å². The van der Waals surface area contributed by atoms with Crippen molar-refractivity contribution in [1.82, 2.24) is 29.5 Å². The predicted molar refractivity (Wildman–Crippen MR) is 126 cm³/mol. The molecule has 35 heavy (non-hydrogen) atoms. The Bertz CT molecular complexity index is 1480. The van der Waals surface area contributed by atoms with Gasteiger partial charge in [-0.3, -0.25) is 0 Å². The number of imidazole rings is 1. The van der Waals surface area contributed by atoms with Gasteiger partial charge in [-0.15, -0.1) is 0 Å². The number of aliphatic hydroxyl groups is 1. The normalized spacial score (nSPS) is 16.3. The molecule has 2 N–H and O–H groups in total. The summed E-state index contributed by atoms with van der Waals surface area (Å²) in [7, 11) is 1.60. The van der Waals surface area contributed by atoms with Crippen LogP contribution in [0.2, 0.25) is 0 Å². The van der Waals surface area contributed by atoms with Crippen LogP contribution in [-0.2, 0) is 6.42 Å². The van der Waals surface area contributed by atoms with Crippen molar-refractivity contribution in [1.29, 1.82) is 0 Å². The second kappa shape index (κ2) is 8.48. The van der Waals surface area contributed by atoms with E-state index in [0.29, 0.717) is 40.6 Å². The van der Waals surface area contributed by atoms with Crippen LogP contribution in [0.1, 0.15) is 40.4 Å². The number of anilines is 1. The average molecular weight is 471 g/mol. The number of fused-ring (bicyclic) bond motifs is 2. The second-order valence-corrected chi connectivity index (χ2v) is 8.36. The molecule has 1 aliphatic heterocycles. The summed E-state index contributed by atoms with van der Waals surface area (Å²) in [5.41, 5.74) is 4.15. The molecule has 9 nitrogen and oxygen atoms in total. The third-order valence-corrected chi connectivity index (χ3v) is 6.34. The maximum Gasteiger partial charge on any atom is 0.226 e. The van der Waals surface area contributed by atoms with Crippen LogP contribution >= 0.6 is 0 Å². The Morgan fingerprint density at radius 3 is 2.66 bits per heavy atom. The number of nitrogens with zero attached hydrogens (tertiary/aromatic N) is 6. The Morgan fingerprint density at radius 2 is 1.91 bits per heavy atom. The van der Waals surface area contributed by atoms with Gasteiger partial charge in [-0.2, -0.15) is 5.10 Å². The topological polar surface area (TPSA) is 104 Å². The number of pyridine rings is 1. The molecule has 5 aromatic rings. The Hall–Kier alpha value is -4.31. The molecule has 5 heterocycles. The van der Waals surface area contributed by atoms with Gasteiger partial charge in [-0.25, -0.2) is 23.9 Å². The molecule has 1 aromatic carbocycles. The molecule has 0 amide bonds. The highest BCUT2D eigenvalue weighted by atomic mass is 19.1. The zero-order chi connectivity index (χ0) is 23.9. The fourth-order valence-corrected chi connectivity index (χ4v) is 4.52. The number of ether oxygens (including phenoxy) is 1. The van der Waals surface area contributed by atoms with Crippen molar-refractivity contribution in [3.63, 3.8) is 0 Å². The Balaban J connectivity index is 1.34. The van der Waals surface area contributed by atoms with E-state index in [-0.39, 0.29) is 11.9 Å². The van der Waals surface area contributed by atoms with Gasteiger partial charge in [0.1, 0.15) is 29.2 Å². The maximum atomic E-state index is 14.4. The first-order valence-electron chi connectivity index (χ1n) is 11.2. The van der Waals surface area contributed by atoms with Crippen LogP contribution < -0.4 is 9.64 Å². The summed E-state index contributed by atoms with van der Waals surface area (Å²) in [6.45, 7) is 0.622. The van der Waals surface area contributed by atoms with E-state index >= 15 is 0 Å². The van der Waals surface area contributed by atoms with E-state index in [1.165, 1.54) is 10.6 Å². The first-order valence-corrected chi connectivity index (χ1v) is 11.2. The number of H-pyrrole nitrogens is 1. The molecule has 0 bridgehead atoms. The summed E-state index contributed by atoms with van der Waals surface area (Å²) in [6.07, 6.45) is 6.48. The number of methoxy groups -OCH3 is 1. The van der Waals surface area contributed by atoms with Crippen LogP contribution in [0.5, 0.6) is 5.75 Å². The quantitative estimate of drug-likeness (QED) is 0.406. The number of benzene rings is 1. The SMILES string of the molecule is COc1ccc(C(O)c2cnc(N3CCc4[nH]cnc4[C@H]3c3cc4c(F)cccn4n3)nc2)cc1. The number of rotatable bonds is 5. The first kappa shape index (κ1) is 21.2. The van der Waals surface area contributed by atoms with E-state index in [9.17, 15) is 9.50 Å². The van der Waals surface area contributed by atoms with E-state index in [1.807, 2.05) is 4.90 Å². The molecular weight excluding hydrogens is 449 g/mol. The van der Waals surface area contributed by atoms with Gasteiger partial charge in [0.2, 0.25) is 5.95 Å². The standard InChI is InChI=1S/C25H22FN7O2/c1-35-17-6-4-15(5-7-17)24(34)16-12-27-25(28-13-16)32-10-8-19-22(30-14-29-19)23(32)20-11-21-18(26)3-2-9-33(21)31-20/h2-7,9,11-14,23-24,34H,8,10H2,1H3,(H,29,30)/t23-,24?/m1/s1. The minimum Gasteiger partial charge on any atom is -0.497 e. The molecule has 6 rings (SSSR count). The Labute approximate surface area is 199 Å². The minimum absolute atomic E-state index is 0.344. The molecule has 0 spiro atoms. The fraction of sp³-hybridized carbons (Fsp3) is 0.200. The molecule has 176 valence electrons. The Morgan fingerprint density at radius 1 is 1.11 bits per heavy atom. The molecule has 0 radical (unpaired) electrons. The summed E-state index contributed by atoms with van der Waals surface area (Å²) in [5, 5.41) is 15.4. The van der Waals surface area contributed by atoms with Gasteiger partial charge in [0, 0.05) is 42.8 Å². The van der Waals surface area contributed by atoms with Crippen molar-refractivity contribution in [3.8, 4) is 5.75 Å². The summed E-state index contributed by atoms with van der Waals surface area (Å²) >= 11 is 0. The van der Waals surface area contributed by atoms with Crippen molar-refractivity contribution in [2.45, 2.75) is 18.6 Å². The molecule has 1 aliphatic rings. The summed E-state index contributed by atoms with van der Waals surface area (Å²) < 4.78 is 21.1. The molecule has 0 fully saturated rings. The van der Waals surface area contributed by atoms with E-state index in [2.05, 4.69) is 25.0 Å². The lowest BCUT2D eigenvalue weighted by atomic mass is 10.00. The van der Waals surface area contributed by atoms with Crippen LogP contribution in [0.3, 0.4) is 0 Å². The second-order valence-electron chi connectivity index (χ2n) is 8.36. The average Bonchev–Trinajstić information content (AvgIpc) is 3.56. The summed E-state index contributed by atoms with van der Waals surface area (Å²) in [4.78, 5) is 18.9. The predicted octanol–water partition coefficient (Wildman–Crippen LogP) is 3.23. The zero-order valence-corrected chi connectivity index (χ0v) is 18.8. The molecule has 2 atom stereocenters. The molecule has 10 heteroatoms. The van der Waals surface area contributed by atoms with E-state index in [4.69, 9.17) is 4.74 Å². The highest BCUT2D eigenvalue weighted by Gasteiger charge is 2.34. The molecule has 0 aliphatic carbocycles. The van der Waals surface area contributed by atoms with Gasteiger partial charge in [-0.1, -0.05) is 12.1 Å². The third kappa shape index (κ3) is 3.68. The lowest BCUT2D eigenvalue weighted by Crippen LogP contribution is -2.37. The van der Waals surface area contributed by atoms with Gasteiger partial charge in [0.25, 0.3) is 0 Å². The monoisotopic (exact) mass is 471 g/mol. The largest absolute Gasteiger partial charge is 0.497 e. The van der Waals surface area contributed by atoms with E-state index in [1.54, 1.807) is 68.4 Å². The fourth-order valence-electron chi connectivity index (χ4n) is 4.52. The maximum absolute atomic E-state index is 14.4. The number of hydrogen-bond donors (Lipinski definition) is 2. The number of nitrogens with one attached hydrogen (secondary N) is 1. The molecule has 4 aromatic heterocycles. The van der Waals surface area contributed by atoms with Crippen molar-refractivity contribution >= 4 is 11.5 Å². The Kier molecular flexibility index (Phi) is 5.14. The molecule has 0 saturated carbocycles. The number of aromatic nitrogens is 6. The number of hydrogen-bond acceptors (Lipinski definition) is 7. The van der Waals surface area contributed by atoms with Crippen LogP contribution in [0.4, 0.5) is 10.3 Å². The van der Waals surface area contributed by atoms with Gasteiger partial charge in [0.05, 0.1) is 24.8 Å². The van der Waals surface area contributed by atoms with Gasteiger partial charge in [-0.05, 0) is 35.9 Å². The molecular formula is C25H22FN7O2. The van der Waals surface area contributed by atoms with Crippen molar-refractivity contribution < 1.29 is 14.2 Å². The lowest BCUT2D eigenvalue weighted by molar-refractivity contribution is 0.219.